The van der Waals surface area contributed by atoms with Crippen LogP contribution in [0.4, 0.5) is 5.69 Å². The third kappa shape index (κ3) is 4.76. The summed E-state index contributed by atoms with van der Waals surface area (Å²) in [6.07, 6.45) is 0. The highest BCUT2D eigenvalue weighted by molar-refractivity contribution is 9.10. The molecule has 5 nitrogen and oxygen atoms in total. The van der Waals surface area contributed by atoms with Crippen molar-refractivity contribution in [1.82, 2.24) is 0 Å². The number of aromatic carboxylic acids is 1. The fourth-order valence-corrected chi connectivity index (χ4v) is 5.55. The van der Waals surface area contributed by atoms with Crippen molar-refractivity contribution >= 4 is 27.6 Å². The van der Waals surface area contributed by atoms with E-state index in [0.717, 1.165) is 21.2 Å². The molecule has 1 aliphatic heterocycles. The Hall–Kier alpha value is -2.99. The van der Waals surface area contributed by atoms with Crippen LogP contribution in [0.1, 0.15) is 72.3 Å². The van der Waals surface area contributed by atoms with Gasteiger partial charge in [0.1, 0.15) is 0 Å². The third-order valence-electron chi connectivity index (χ3n) is 6.95. The van der Waals surface area contributed by atoms with Crippen LogP contribution in [0.15, 0.2) is 59.1 Å². The molecule has 184 valence electrons. The van der Waals surface area contributed by atoms with Crippen LogP contribution in [0.2, 0.25) is 0 Å². The molecule has 3 atom stereocenters. The van der Waals surface area contributed by atoms with E-state index in [1.165, 1.54) is 5.56 Å². The van der Waals surface area contributed by atoms with Gasteiger partial charge < -0.3 is 19.9 Å². The van der Waals surface area contributed by atoms with E-state index in [-0.39, 0.29) is 28.9 Å². The lowest BCUT2D eigenvalue weighted by atomic mass is 9.72. The van der Waals surface area contributed by atoms with Gasteiger partial charge >= 0.3 is 5.97 Å². The van der Waals surface area contributed by atoms with Gasteiger partial charge in [-0.2, -0.15) is 0 Å². The average Bonchev–Trinajstić information content (AvgIpc) is 2.82. The van der Waals surface area contributed by atoms with Gasteiger partial charge in [-0.25, -0.2) is 4.79 Å². The number of rotatable bonds is 5. The second-order valence-electron chi connectivity index (χ2n) is 10.2. The van der Waals surface area contributed by atoms with Crippen molar-refractivity contribution in [2.75, 3.05) is 19.5 Å². The van der Waals surface area contributed by atoms with E-state index in [4.69, 9.17) is 9.47 Å². The first-order valence-electron chi connectivity index (χ1n) is 11.7. The van der Waals surface area contributed by atoms with Crippen molar-refractivity contribution < 1.29 is 19.4 Å². The number of fused-ring (bicyclic) bond motifs is 1. The molecule has 0 unspecified atom stereocenters. The molecule has 4 rings (SSSR count). The molecule has 3 aromatic rings. The Morgan fingerprint density at radius 3 is 2.14 bits per heavy atom. The van der Waals surface area contributed by atoms with Crippen LogP contribution in [0, 0.1) is 5.92 Å². The minimum atomic E-state index is -0.961. The fourth-order valence-electron chi connectivity index (χ4n) is 5.07. The number of hydrogen-bond acceptors (Lipinski definition) is 4. The summed E-state index contributed by atoms with van der Waals surface area (Å²) >= 11 is 3.53. The van der Waals surface area contributed by atoms with Crippen molar-refractivity contribution in [3.8, 4) is 11.5 Å². The zero-order valence-corrected chi connectivity index (χ0v) is 22.6. The summed E-state index contributed by atoms with van der Waals surface area (Å²) < 4.78 is 11.8. The lowest BCUT2D eigenvalue weighted by Gasteiger charge is -2.40. The minimum Gasteiger partial charge on any atom is -0.493 e. The highest BCUT2D eigenvalue weighted by Crippen LogP contribution is 2.50. The number of carboxylic acids is 1. The number of anilines is 1. The third-order valence-corrected chi connectivity index (χ3v) is 7.41. The fraction of sp³-hybridized carbons (Fsp3) is 0.345. The number of carboxylic acid groups (broad SMARTS) is 1. The summed E-state index contributed by atoms with van der Waals surface area (Å²) in [4.78, 5) is 12.2. The van der Waals surface area contributed by atoms with Gasteiger partial charge in [-0.1, -0.05) is 74.0 Å². The van der Waals surface area contributed by atoms with E-state index in [2.05, 4.69) is 73.2 Å². The first-order chi connectivity index (χ1) is 16.5. The van der Waals surface area contributed by atoms with Crippen molar-refractivity contribution in [3.63, 3.8) is 0 Å². The summed E-state index contributed by atoms with van der Waals surface area (Å²) in [7, 11) is 3.24. The molecular formula is C29H32BrNO4. The topological polar surface area (TPSA) is 67.8 Å². The standard InChI is InChI=1S/C29H32BrNO4/c1-16-25(18-9-12-23(34-5)24(13-18)35-6)21-14-20(30)15-22(28(32)33)27(21)31-26(16)17-7-10-19(11-8-17)29(2,3)4/h7-16,25-26,31H,1-6H3,(H,32,33)/t16-,25+,26-/m1/s1. The molecule has 0 amide bonds. The molecule has 6 heteroatoms. The van der Waals surface area contributed by atoms with E-state index >= 15 is 0 Å². The molecule has 0 aliphatic carbocycles. The molecule has 35 heavy (non-hydrogen) atoms. The largest absolute Gasteiger partial charge is 0.493 e. The Balaban J connectivity index is 1.89. The summed E-state index contributed by atoms with van der Waals surface area (Å²) in [6.45, 7) is 8.80. The number of hydrogen-bond donors (Lipinski definition) is 2. The summed E-state index contributed by atoms with van der Waals surface area (Å²) in [6, 6.07) is 18.2. The Kier molecular flexibility index (Phi) is 6.87. The number of ether oxygens (including phenoxy) is 2. The van der Waals surface area contributed by atoms with Crippen molar-refractivity contribution in [2.45, 2.75) is 45.1 Å². The quantitative estimate of drug-likeness (QED) is 0.355. The molecule has 1 aliphatic rings. The Morgan fingerprint density at radius 1 is 0.943 bits per heavy atom. The van der Waals surface area contributed by atoms with Crippen LogP contribution in [0.5, 0.6) is 11.5 Å². The maximum Gasteiger partial charge on any atom is 0.337 e. The van der Waals surface area contributed by atoms with Gasteiger partial charge in [0.25, 0.3) is 0 Å². The van der Waals surface area contributed by atoms with Crippen LogP contribution < -0.4 is 14.8 Å². The molecule has 0 fully saturated rings. The lowest BCUT2D eigenvalue weighted by molar-refractivity contribution is 0.0697. The monoisotopic (exact) mass is 537 g/mol. The van der Waals surface area contributed by atoms with Crippen LogP contribution in [0.25, 0.3) is 0 Å². The van der Waals surface area contributed by atoms with E-state index in [1.54, 1.807) is 20.3 Å². The first-order valence-corrected chi connectivity index (χ1v) is 12.5. The van der Waals surface area contributed by atoms with Gasteiger partial charge in [0, 0.05) is 10.4 Å². The van der Waals surface area contributed by atoms with Crippen molar-refractivity contribution in [2.24, 2.45) is 5.92 Å². The van der Waals surface area contributed by atoms with Gasteiger partial charge in [-0.15, -0.1) is 0 Å². The molecule has 0 saturated carbocycles. The predicted octanol–water partition coefficient (Wildman–Crippen LogP) is 7.40. The van der Waals surface area contributed by atoms with E-state index in [9.17, 15) is 9.90 Å². The molecule has 0 radical (unpaired) electrons. The molecule has 1 heterocycles. The number of benzene rings is 3. The lowest BCUT2D eigenvalue weighted by Crippen LogP contribution is -2.32. The summed E-state index contributed by atoms with van der Waals surface area (Å²) in [5, 5.41) is 13.6. The molecule has 0 bridgehead atoms. The Labute approximate surface area is 215 Å². The molecule has 0 spiro atoms. The molecular weight excluding hydrogens is 506 g/mol. The predicted molar refractivity (Wildman–Crippen MR) is 143 cm³/mol. The Morgan fingerprint density at radius 2 is 1.57 bits per heavy atom. The first kappa shape index (κ1) is 25.1. The maximum atomic E-state index is 12.2. The van der Waals surface area contributed by atoms with Gasteiger partial charge in [0.15, 0.2) is 11.5 Å². The second-order valence-corrected chi connectivity index (χ2v) is 11.1. The van der Waals surface area contributed by atoms with Crippen molar-refractivity contribution in [1.29, 1.82) is 0 Å². The van der Waals surface area contributed by atoms with Gasteiger partial charge in [-0.05, 0) is 57.9 Å². The summed E-state index contributed by atoms with van der Waals surface area (Å²) in [5.74, 6) is 0.410. The average molecular weight is 538 g/mol. The number of methoxy groups -OCH3 is 2. The van der Waals surface area contributed by atoms with Crippen molar-refractivity contribution in [3.05, 3.63) is 86.9 Å². The zero-order valence-electron chi connectivity index (χ0n) is 21.0. The number of nitrogens with one attached hydrogen (secondary N) is 1. The van der Waals surface area contributed by atoms with Gasteiger partial charge in [-0.3, -0.25) is 0 Å². The summed E-state index contributed by atoms with van der Waals surface area (Å²) in [5.41, 5.74) is 5.34. The van der Waals surface area contributed by atoms with E-state index in [1.807, 2.05) is 24.3 Å². The van der Waals surface area contributed by atoms with E-state index in [0.29, 0.717) is 17.2 Å². The van der Waals surface area contributed by atoms with Crippen LogP contribution in [0.3, 0.4) is 0 Å². The van der Waals surface area contributed by atoms with Crippen LogP contribution in [-0.4, -0.2) is 25.3 Å². The number of halogens is 1. The van der Waals surface area contributed by atoms with E-state index < -0.39 is 5.97 Å². The molecule has 2 N–H and O–H groups in total. The highest BCUT2D eigenvalue weighted by Gasteiger charge is 2.38. The normalized spacial score (nSPS) is 19.5. The minimum absolute atomic E-state index is 0.0572. The second kappa shape index (κ2) is 9.57. The molecule has 3 aromatic carbocycles. The SMILES string of the molecule is COc1ccc([C@H]2c3cc(Br)cc(C(=O)O)c3N[C@@H](c3ccc(C(C)(C)C)cc3)[C@@H]2C)cc1OC. The van der Waals surface area contributed by atoms with Gasteiger partial charge in [0.2, 0.25) is 0 Å². The smallest absolute Gasteiger partial charge is 0.337 e. The maximum absolute atomic E-state index is 12.2. The van der Waals surface area contributed by atoms with Crippen LogP contribution >= 0.6 is 15.9 Å². The molecule has 0 aromatic heterocycles. The Bertz CT molecular complexity index is 1250. The number of carbonyl (C=O) groups is 1. The highest BCUT2D eigenvalue weighted by atomic mass is 79.9. The van der Waals surface area contributed by atoms with Gasteiger partial charge in [0.05, 0.1) is 31.5 Å². The van der Waals surface area contributed by atoms with Crippen LogP contribution in [-0.2, 0) is 5.41 Å². The molecule has 0 saturated heterocycles. The zero-order chi connectivity index (χ0) is 25.5.